The van der Waals surface area contributed by atoms with Gasteiger partial charge in [0.2, 0.25) is 5.91 Å². The van der Waals surface area contributed by atoms with Gasteiger partial charge in [-0.15, -0.1) is 0 Å². The summed E-state index contributed by atoms with van der Waals surface area (Å²) in [6.45, 7) is 5.99. The van der Waals surface area contributed by atoms with Gasteiger partial charge in [-0.1, -0.05) is 12.1 Å². The normalized spacial score (nSPS) is 17.8. The molecule has 126 valence electrons. The molecule has 0 bridgehead atoms. The van der Waals surface area contributed by atoms with E-state index >= 15 is 0 Å². The lowest BCUT2D eigenvalue weighted by Crippen LogP contribution is -2.24. The first-order valence-corrected chi connectivity index (χ1v) is 8.47. The summed E-state index contributed by atoms with van der Waals surface area (Å²) >= 11 is 0. The summed E-state index contributed by atoms with van der Waals surface area (Å²) in [7, 11) is 0. The zero-order chi connectivity index (χ0) is 16.9. The fourth-order valence-corrected chi connectivity index (χ4v) is 3.17. The van der Waals surface area contributed by atoms with E-state index in [1.807, 2.05) is 25.3 Å². The minimum atomic E-state index is -0.0310. The van der Waals surface area contributed by atoms with Crippen LogP contribution >= 0.6 is 0 Å². The highest BCUT2D eigenvalue weighted by atomic mass is 16.1. The molecule has 0 aliphatic carbocycles. The Balaban J connectivity index is 1.71. The molecular formula is C19H24N4O. The van der Waals surface area contributed by atoms with Gasteiger partial charge in [0, 0.05) is 25.4 Å². The molecule has 1 aliphatic heterocycles. The summed E-state index contributed by atoms with van der Waals surface area (Å²) in [4.78, 5) is 22.7. The number of carbonyl (C=O) groups excluding carboxylic acids is 1. The molecule has 1 saturated heterocycles. The number of likely N-dealkylation sites (tertiary alicyclic amines) is 1. The van der Waals surface area contributed by atoms with Crippen LogP contribution in [0.3, 0.4) is 0 Å². The molecule has 5 nitrogen and oxygen atoms in total. The van der Waals surface area contributed by atoms with Crippen LogP contribution in [0.1, 0.15) is 48.5 Å². The first-order chi connectivity index (χ1) is 11.6. The second kappa shape index (κ2) is 7.53. The Morgan fingerprint density at radius 3 is 2.96 bits per heavy atom. The number of hydrogen-bond donors (Lipinski definition) is 1. The van der Waals surface area contributed by atoms with Gasteiger partial charge in [-0.25, -0.2) is 0 Å². The number of aromatic nitrogens is 2. The maximum absolute atomic E-state index is 11.1. The van der Waals surface area contributed by atoms with Crippen molar-refractivity contribution in [2.24, 2.45) is 0 Å². The molecule has 1 amide bonds. The number of nitrogens with zero attached hydrogens (tertiary/aromatic N) is 3. The molecule has 24 heavy (non-hydrogen) atoms. The van der Waals surface area contributed by atoms with Crippen molar-refractivity contribution in [3.63, 3.8) is 0 Å². The highest BCUT2D eigenvalue weighted by Gasteiger charge is 2.27. The van der Waals surface area contributed by atoms with Crippen molar-refractivity contribution in [3.05, 3.63) is 59.2 Å². The molecule has 0 saturated carbocycles. The molecule has 2 aromatic rings. The van der Waals surface area contributed by atoms with Crippen LogP contribution in [0.4, 0.5) is 0 Å². The van der Waals surface area contributed by atoms with Gasteiger partial charge in [0.1, 0.15) is 0 Å². The monoisotopic (exact) mass is 324 g/mol. The Labute approximate surface area is 143 Å². The van der Waals surface area contributed by atoms with Crippen molar-refractivity contribution in [3.8, 4) is 0 Å². The minimum absolute atomic E-state index is 0.0310. The lowest BCUT2D eigenvalue weighted by Gasteiger charge is -2.24. The second-order valence-corrected chi connectivity index (χ2v) is 6.40. The van der Waals surface area contributed by atoms with Crippen molar-refractivity contribution in [1.82, 2.24) is 20.2 Å². The molecule has 1 fully saturated rings. The summed E-state index contributed by atoms with van der Waals surface area (Å²) in [5.41, 5.74) is 4.29. The van der Waals surface area contributed by atoms with Gasteiger partial charge in [-0.3, -0.25) is 19.7 Å². The van der Waals surface area contributed by atoms with E-state index in [0.29, 0.717) is 12.6 Å². The Kier molecular flexibility index (Phi) is 5.20. The zero-order valence-corrected chi connectivity index (χ0v) is 14.3. The standard InChI is InChI=1S/C19H24N4O/c1-14-8-9-16(11-20-14)13-23-10-4-7-19(23)18-6-3-5-17(22-18)12-21-15(2)24/h3,5-6,8-9,11,19H,4,7,10,12-13H2,1-2H3,(H,21,24)/t19-/m0/s1. The molecule has 1 aliphatic rings. The average Bonchev–Trinajstić information content (AvgIpc) is 3.03. The fraction of sp³-hybridized carbons (Fsp3) is 0.421. The molecule has 3 rings (SSSR count). The molecule has 5 heteroatoms. The van der Waals surface area contributed by atoms with Crippen LogP contribution in [0.25, 0.3) is 0 Å². The van der Waals surface area contributed by atoms with E-state index in [1.165, 1.54) is 18.9 Å². The predicted octanol–water partition coefficient (Wildman–Crippen LogP) is 2.76. The highest BCUT2D eigenvalue weighted by Crippen LogP contribution is 2.32. The number of carbonyl (C=O) groups is 1. The van der Waals surface area contributed by atoms with Gasteiger partial charge in [-0.05, 0) is 50.1 Å². The number of rotatable bonds is 5. The molecule has 3 heterocycles. The van der Waals surface area contributed by atoms with Crippen LogP contribution in [0, 0.1) is 6.92 Å². The molecule has 0 aromatic carbocycles. The van der Waals surface area contributed by atoms with Crippen LogP contribution in [0.15, 0.2) is 36.5 Å². The van der Waals surface area contributed by atoms with Gasteiger partial charge in [0.05, 0.1) is 24.0 Å². The van der Waals surface area contributed by atoms with Gasteiger partial charge in [0.25, 0.3) is 0 Å². The Bertz CT molecular complexity index is 699. The third-order valence-corrected chi connectivity index (χ3v) is 4.41. The summed E-state index contributed by atoms with van der Waals surface area (Å²) in [6.07, 6.45) is 4.27. The summed E-state index contributed by atoms with van der Waals surface area (Å²) in [6, 6.07) is 10.6. The van der Waals surface area contributed by atoms with Crippen molar-refractivity contribution in [1.29, 1.82) is 0 Å². The van der Waals surface area contributed by atoms with E-state index in [9.17, 15) is 4.79 Å². The number of hydrogen-bond acceptors (Lipinski definition) is 4. The number of aryl methyl sites for hydroxylation is 1. The van der Waals surface area contributed by atoms with E-state index in [1.54, 1.807) is 0 Å². The topological polar surface area (TPSA) is 58.1 Å². The van der Waals surface area contributed by atoms with Crippen LogP contribution in [0.2, 0.25) is 0 Å². The summed E-state index contributed by atoms with van der Waals surface area (Å²) in [5.74, 6) is -0.0310. The van der Waals surface area contributed by atoms with Crippen molar-refractivity contribution >= 4 is 5.91 Å². The average molecular weight is 324 g/mol. The molecular weight excluding hydrogens is 300 g/mol. The van der Waals surface area contributed by atoms with E-state index in [-0.39, 0.29) is 5.91 Å². The minimum Gasteiger partial charge on any atom is -0.351 e. The van der Waals surface area contributed by atoms with Crippen LogP contribution < -0.4 is 5.32 Å². The molecule has 0 unspecified atom stereocenters. The summed E-state index contributed by atoms with van der Waals surface area (Å²) in [5, 5.41) is 2.81. The number of nitrogens with one attached hydrogen (secondary N) is 1. The smallest absolute Gasteiger partial charge is 0.217 e. The van der Waals surface area contributed by atoms with Gasteiger partial charge in [0.15, 0.2) is 0 Å². The summed E-state index contributed by atoms with van der Waals surface area (Å²) < 4.78 is 0. The van der Waals surface area contributed by atoms with Crippen molar-refractivity contribution in [2.45, 2.75) is 45.8 Å². The second-order valence-electron chi connectivity index (χ2n) is 6.40. The third kappa shape index (κ3) is 4.17. The largest absolute Gasteiger partial charge is 0.351 e. The van der Waals surface area contributed by atoms with Crippen LogP contribution in [-0.4, -0.2) is 27.3 Å². The molecule has 0 spiro atoms. The number of amides is 1. The lowest BCUT2D eigenvalue weighted by molar-refractivity contribution is -0.119. The quantitative estimate of drug-likeness (QED) is 0.919. The third-order valence-electron chi connectivity index (χ3n) is 4.41. The maximum Gasteiger partial charge on any atom is 0.217 e. The Morgan fingerprint density at radius 1 is 1.33 bits per heavy atom. The van der Waals surface area contributed by atoms with E-state index in [2.05, 4.69) is 33.4 Å². The maximum atomic E-state index is 11.1. The van der Waals surface area contributed by atoms with E-state index in [4.69, 9.17) is 4.98 Å². The van der Waals surface area contributed by atoms with E-state index < -0.39 is 0 Å². The van der Waals surface area contributed by atoms with Gasteiger partial charge >= 0.3 is 0 Å². The molecule has 1 N–H and O–H groups in total. The molecule has 0 radical (unpaired) electrons. The Hall–Kier alpha value is -2.27. The van der Waals surface area contributed by atoms with Crippen molar-refractivity contribution in [2.75, 3.05) is 6.54 Å². The first kappa shape index (κ1) is 16.6. The lowest BCUT2D eigenvalue weighted by atomic mass is 10.1. The highest BCUT2D eigenvalue weighted by molar-refractivity contribution is 5.72. The van der Waals surface area contributed by atoms with Crippen LogP contribution in [0.5, 0.6) is 0 Å². The fourth-order valence-electron chi connectivity index (χ4n) is 3.17. The van der Waals surface area contributed by atoms with E-state index in [0.717, 1.165) is 36.6 Å². The number of pyridine rings is 2. The predicted molar refractivity (Wildman–Crippen MR) is 93.1 cm³/mol. The van der Waals surface area contributed by atoms with Crippen molar-refractivity contribution < 1.29 is 4.79 Å². The van der Waals surface area contributed by atoms with Gasteiger partial charge in [-0.2, -0.15) is 0 Å². The first-order valence-electron chi connectivity index (χ1n) is 8.47. The molecule has 1 atom stereocenters. The van der Waals surface area contributed by atoms with Gasteiger partial charge < -0.3 is 5.32 Å². The SMILES string of the molecule is CC(=O)NCc1cccc([C@@H]2CCCN2Cc2ccc(C)nc2)n1. The zero-order valence-electron chi connectivity index (χ0n) is 14.3. The van der Waals surface area contributed by atoms with Crippen LogP contribution in [-0.2, 0) is 17.9 Å². The Morgan fingerprint density at radius 2 is 2.21 bits per heavy atom. The molecule has 2 aromatic heterocycles.